The first kappa shape index (κ1) is 13.8. The predicted octanol–water partition coefficient (Wildman–Crippen LogP) is 3.00. The van der Waals surface area contributed by atoms with E-state index in [1.807, 2.05) is 41.3 Å². The minimum absolute atomic E-state index is 0.112. The molecule has 1 N–H and O–H groups in total. The first-order chi connectivity index (χ1) is 10.3. The quantitative estimate of drug-likeness (QED) is 0.933. The molecule has 108 valence electrons. The van der Waals surface area contributed by atoms with Crippen molar-refractivity contribution in [3.8, 4) is 0 Å². The van der Waals surface area contributed by atoms with Gasteiger partial charge >= 0.3 is 0 Å². The predicted molar refractivity (Wildman–Crippen MR) is 85.6 cm³/mol. The van der Waals surface area contributed by atoms with Crippen LogP contribution in [-0.4, -0.2) is 19.0 Å². The smallest absolute Gasteiger partial charge is 0.258 e. The third kappa shape index (κ3) is 2.69. The summed E-state index contributed by atoms with van der Waals surface area (Å²) in [5.41, 5.74) is 4.19. The Hall–Kier alpha value is -2.13. The topological polar surface area (TPSA) is 32.3 Å². The first-order valence-corrected chi connectivity index (χ1v) is 7.49. The number of amides is 1. The van der Waals surface area contributed by atoms with Crippen LogP contribution < -0.4 is 10.2 Å². The molecule has 3 rings (SSSR count). The van der Waals surface area contributed by atoms with E-state index in [0.29, 0.717) is 0 Å². The zero-order valence-corrected chi connectivity index (χ0v) is 12.3. The fourth-order valence-corrected chi connectivity index (χ4v) is 2.84. The van der Waals surface area contributed by atoms with Crippen LogP contribution in [0.25, 0.3) is 0 Å². The second-order valence-electron chi connectivity index (χ2n) is 5.27. The molecule has 0 unspecified atom stereocenters. The highest BCUT2D eigenvalue weighted by Crippen LogP contribution is 2.27. The summed E-state index contributed by atoms with van der Waals surface area (Å²) in [6, 6.07) is 16.1. The van der Waals surface area contributed by atoms with Crippen molar-refractivity contribution in [3.63, 3.8) is 0 Å². The van der Waals surface area contributed by atoms with Crippen molar-refractivity contribution in [1.82, 2.24) is 5.32 Å². The Morgan fingerprint density at radius 1 is 1.10 bits per heavy atom. The van der Waals surface area contributed by atoms with E-state index in [1.165, 1.54) is 5.56 Å². The maximum absolute atomic E-state index is 12.7. The lowest BCUT2D eigenvalue weighted by Gasteiger charge is -2.30. The molecule has 0 bridgehead atoms. The lowest BCUT2D eigenvalue weighted by Crippen LogP contribution is -2.38. The van der Waals surface area contributed by atoms with Crippen molar-refractivity contribution in [3.05, 3.63) is 65.2 Å². The van der Waals surface area contributed by atoms with Gasteiger partial charge in [0.2, 0.25) is 0 Å². The van der Waals surface area contributed by atoms with Gasteiger partial charge in [0.25, 0.3) is 5.91 Å². The zero-order chi connectivity index (χ0) is 14.7. The number of fused-ring (bicyclic) bond motifs is 1. The fraction of sp³-hybridized carbons (Fsp3) is 0.278. The van der Waals surface area contributed by atoms with E-state index >= 15 is 0 Å². The number of rotatable bonds is 4. The first-order valence-electron chi connectivity index (χ1n) is 7.49. The van der Waals surface area contributed by atoms with Gasteiger partial charge in [0, 0.05) is 24.3 Å². The Balaban J connectivity index is 1.94. The normalized spacial score (nSPS) is 14.1. The van der Waals surface area contributed by atoms with Gasteiger partial charge in [-0.15, -0.1) is 0 Å². The number of carbonyl (C=O) groups is 1. The van der Waals surface area contributed by atoms with E-state index in [4.69, 9.17) is 0 Å². The standard InChI is InChI=1S/C18H20N2O/c1-2-19-13-15-8-4-6-10-17(15)20-12-11-14-7-3-5-9-16(14)18(20)21/h3-10,19H,2,11-13H2,1H3. The number of benzene rings is 2. The fourth-order valence-electron chi connectivity index (χ4n) is 2.84. The molecular weight excluding hydrogens is 260 g/mol. The third-order valence-electron chi connectivity index (χ3n) is 3.95. The van der Waals surface area contributed by atoms with Crippen molar-refractivity contribution in [1.29, 1.82) is 0 Å². The van der Waals surface area contributed by atoms with Gasteiger partial charge in [-0.1, -0.05) is 43.3 Å². The SMILES string of the molecule is CCNCc1ccccc1N1CCc2ccccc2C1=O. The number of anilines is 1. The maximum Gasteiger partial charge on any atom is 0.258 e. The van der Waals surface area contributed by atoms with Crippen LogP contribution in [0.4, 0.5) is 5.69 Å². The van der Waals surface area contributed by atoms with Gasteiger partial charge in [-0.05, 0) is 36.2 Å². The second-order valence-corrected chi connectivity index (χ2v) is 5.27. The van der Waals surface area contributed by atoms with Crippen LogP contribution in [0.15, 0.2) is 48.5 Å². The van der Waals surface area contributed by atoms with E-state index in [0.717, 1.165) is 42.9 Å². The van der Waals surface area contributed by atoms with Gasteiger partial charge in [0.15, 0.2) is 0 Å². The Bertz CT molecular complexity index is 651. The molecule has 0 fully saturated rings. The molecule has 2 aromatic rings. The molecule has 1 aliphatic heterocycles. The molecule has 0 atom stereocenters. The zero-order valence-electron chi connectivity index (χ0n) is 12.3. The molecule has 0 saturated heterocycles. The van der Waals surface area contributed by atoms with Gasteiger partial charge in [-0.3, -0.25) is 4.79 Å². The molecule has 3 nitrogen and oxygen atoms in total. The Labute approximate surface area is 125 Å². The molecule has 2 aromatic carbocycles. The molecule has 0 saturated carbocycles. The van der Waals surface area contributed by atoms with Crippen LogP contribution in [-0.2, 0) is 13.0 Å². The number of para-hydroxylation sites is 1. The van der Waals surface area contributed by atoms with E-state index < -0.39 is 0 Å². The van der Waals surface area contributed by atoms with Crippen LogP contribution >= 0.6 is 0 Å². The van der Waals surface area contributed by atoms with Crippen molar-refractivity contribution in [2.75, 3.05) is 18.0 Å². The monoisotopic (exact) mass is 280 g/mol. The lowest BCUT2D eigenvalue weighted by molar-refractivity contribution is 0.0980. The number of carbonyl (C=O) groups excluding carboxylic acids is 1. The van der Waals surface area contributed by atoms with E-state index in [-0.39, 0.29) is 5.91 Å². The summed E-state index contributed by atoms with van der Waals surface area (Å²) in [6.45, 7) is 4.55. The van der Waals surface area contributed by atoms with Gasteiger partial charge in [-0.2, -0.15) is 0 Å². The van der Waals surface area contributed by atoms with E-state index in [2.05, 4.69) is 24.4 Å². The van der Waals surface area contributed by atoms with Crippen LogP contribution in [0.3, 0.4) is 0 Å². The molecule has 0 spiro atoms. The minimum Gasteiger partial charge on any atom is -0.313 e. The summed E-state index contributed by atoms with van der Waals surface area (Å²) in [6.07, 6.45) is 0.914. The highest BCUT2D eigenvalue weighted by Gasteiger charge is 2.26. The average molecular weight is 280 g/mol. The van der Waals surface area contributed by atoms with Crippen molar-refractivity contribution >= 4 is 11.6 Å². The van der Waals surface area contributed by atoms with Crippen molar-refractivity contribution in [2.45, 2.75) is 19.9 Å². The molecule has 3 heteroatoms. The lowest BCUT2D eigenvalue weighted by atomic mass is 9.98. The number of nitrogens with zero attached hydrogens (tertiary/aromatic N) is 1. The molecule has 1 heterocycles. The number of hydrogen-bond donors (Lipinski definition) is 1. The third-order valence-corrected chi connectivity index (χ3v) is 3.95. The minimum atomic E-state index is 0.112. The molecule has 21 heavy (non-hydrogen) atoms. The number of nitrogens with one attached hydrogen (secondary N) is 1. The summed E-state index contributed by atoms with van der Waals surface area (Å²) in [5.74, 6) is 0.112. The largest absolute Gasteiger partial charge is 0.313 e. The maximum atomic E-state index is 12.7. The Morgan fingerprint density at radius 3 is 2.71 bits per heavy atom. The molecule has 0 radical (unpaired) electrons. The summed E-state index contributed by atoms with van der Waals surface area (Å²) in [7, 11) is 0. The summed E-state index contributed by atoms with van der Waals surface area (Å²) >= 11 is 0. The molecule has 0 aliphatic carbocycles. The second kappa shape index (κ2) is 6.10. The average Bonchev–Trinajstić information content (AvgIpc) is 2.54. The van der Waals surface area contributed by atoms with Gasteiger partial charge < -0.3 is 10.2 Å². The molecule has 1 amide bonds. The molecular formula is C18H20N2O. The Kier molecular flexibility index (Phi) is 4.02. The van der Waals surface area contributed by atoms with Gasteiger partial charge in [-0.25, -0.2) is 0 Å². The highest BCUT2D eigenvalue weighted by molar-refractivity contribution is 6.08. The summed E-state index contributed by atoms with van der Waals surface area (Å²) in [5, 5.41) is 3.34. The van der Waals surface area contributed by atoms with Gasteiger partial charge in [0.1, 0.15) is 0 Å². The summed E-state index contributed by atoms with van der Waals surface area (Å²) < 4.78 is 0. The summed E-state index contributed by atoms with van der Waals surface area (Å²) in [4.78, 5) is 14.7. The van der Waals surface area contributed by atoms with Crippen molar-refractivity contribution < 1.29 is 4.79 Å². The molecule has 0 aromatic heterocycles. The molecule has 1 aliphatic rings. The van der Waals surface area contributed by atoms with Crippen LogP contribution in [0, 0.1) is 0 Å². The van der Waals surface area contributed by atoms with Crippen LogP contribution in [0.1, 0.15) is 28.4 Å². The van der Waals surface area contributed by atoms with Crippen LogP contribution in [0.2, 0.25) is 0 Å². The van der Waals surface area contributed by atoms with Gasteiger partial charge in [0.05, 0.1) is 0 Å². The number of hydrogen-bond acceptors (Lipinski definition) is 2. The Morgan fingerprint density at radius 2 is 1.86 bits per heavy atom. The van der Waals surface area contributed by atoms with Crippen molar-refractivity contribution in [2.24, 2.45) is 0 Å². The van der Waals surface area contributed by atoms with Crippen LogP contribution in [0.5, 0.6) is 0 Å². The van der Waals surface area contributed by atoms with E-state index in [1.54, 1.807) is 0 Å². The van der Waals surface area contributed by atoms with E-state index in [9.17, 15) is 4.79 Å². The highest BCUT2D eigenvalue weighted by atomic mass is 16.2.